The lowest BCUT2D eigenvalue weighted by atomic mass is 9.95. The molecule has 9 nitrogen and oxygen atoms in total. The van der Waals surface area contributed by atoms with E-state index in [-0.39, 0.29) is 30.3 Å². The van der Waals surface area contributed by atoms with Crippen LogP contribution < -0.4 is 29.1 Å². The standard InChI is InChI=1S/C25H22N2O7S/c1-4-32-24(30)21-13(2)26-25-27(22(21)15-6-8-17-19(11-15)34-12-33-17)23(29)20(35-25)10-14-5-7-16(28)18(9-14)31-3/h5-11,22,28H,4,12H2,1-3H3/b20-10+. The zero-order valence-corrected chi connectivity index (χ0v) is 20.0. The van der Waals surface area contributed by atoms with Crippen molar-refractivity contribution in [1.82, 2.24) is 4.57 Å². The Morgan fingerprint density at radius 3 is 2.83 bits per heavy atom. The predicted octanol–water partition coefficient (Wildman–Crippen LogP) is 2.24. The first-order valence-electron chi connectivity index (χ1n) is 10.9. The summed E-state index contributed by atoms with van der Waals surface area (Å²) in [5, 5.41) is 9.88. The van der Waals surface area contributed by atoms with Gasteiger partial charge in [-0.2, -0.15) is 0 Å². The molecule has 0 bridgehead atoms. The Kier molecular flexibility index (Phi) is 5.81. The van der Waals surface area contributed by atoms with Crippen LogP contribution in [0.4, 0.5) is 0 Å². The van der Waals surface area contributed by atoms with Crippen molar-refractivity contribution in [2.75, 3.05) is 20.5 Å². The summed E-state index contributed by atoms with van der Waals surface area (Å²) in [6, 6.07) is 9.40. The van der Waals surface area contributed by atoms with E-state index in [2.05, 4.69) is 4.99 Å². The molecule has 1 atom stereocenters. The number of phenolic OH excluding ortho intramolecular Hbond substituents is 1. The maximum Gasteiger partial charge on any atom is 0.338 e. The van der Waals surface area contributed by atoms with Gasteiger partial charge in [0, 0.05) is 0 Å². The molecular weight excluding hydrogens is 472 g/mol. The van der Waals surface area contributed by atoms with Crippen molar-refractivity contribution < 1.29 is 28.8 Å². The van der Waals surface area contributed by atoms with Gasteiger partial charge in [0.25, 0.3) is 5.56 Å². The number of hydrogen-bond acceptors (Lipinski definition) is 9. The highest BCUT2D eigenvalue weighted by molar-refractivity contribution is 7.07. The summed E-state index contributed by atoms with van der Waals surface area (Å²) >= 11 is 1.21. The zero-order chi connectivity index (χ0) is 24.7. The number of methoxy groups -OCH3 is 1. The number of carbonyl (C=O) groups excluding carboxylic acids is 1. The molecule has 2 aromatic carbocycles. The molecular formula is C25H22N2O7S. The molecule has 0 spiro atoms. The smallest absolute Gasteiger partial charge is 0.338 e. The number of phenols is 1. The molecule has 0 amide bonds. The second kappa shape index (κ2) is 8.95. The number of carbonyl (C=O) groups is 1. The van der Waals surface area contributed by atoms with E-state index >= 15 is 0 Å². The van der Waals surface area contributed by atoms with Gasteiger partial charge in [0.05, 0.1) is 35.6 Å². The van der Waals surface area contributed by atoms with Crippen LogP contribution in [0.25, 0.3) is 6.08 Å². The van der Waals surface area contributed by atoms with E-state index in [1.807, 2.05) is 0 Å². The SMILES string of the molecule is CCOC(=O)C1=C(C)N=c2s/c(=C/c3ccc(O)c(OC)c3)c(=O)n2C1c1ccc2c(c1)OCO2. The summed E-state index contributed by atoms with van der Waals surface area (Å²) in [7, 11) is 1.46. The summed E-state index contributed by atoms with van der Waals surface area (Å²) < 4.78 is 23.4. The fraction of sp³-hybridized carbons (Fsp3) is 0.240. The molecule has 5 rings (SSSR count). The number of aromatic nitrogens is 1. The van der Waals surface area contributed by atoms with E-state index in [4.69, 9.17) is 18.9 Å². The highest BCUT2D eigenvalue weighted by atomic mass is 32.1. The Morgan fingerprint density at radius 2 is 2.06 bits per heavy atom. The van der Waals surface area contributed by atoms with Crippen molar-refractivity contribution in [2.24, 2.45) is 4.99 Å². The van der Waals surface area contributed by atoms with E-state index in [1.165, 1.54) is 29.1 Å². The summed E-state index contributed by atoms with van der Waals surface area (Å²) in [5.41, 5.74) is 1.80. The minimum Gasteiger partial charge on any atom is -0.504 e. The minimum atomic E-state index is -0.753. The van der Waals surface area contributed by atoms with Crippen LogP contribution in [0.5, 0.6) is 23.0 Å². The predicted molar refractivity (Wildman–Crippen MR) is 128 cm³/mol. The minimum absolute atomic E-state index is 0.00335. The Morgan fingerprint density at radius 1 is 1.26 bits per heavy atom. The average molecular weight is 495 g/mol. The molecule has 10 heteroatoms. The maximum atomic E-state index is 13.7. The van der Waals surface area contributed by atoms with Crippen LogP contribution in [0.1, 0.15) is 31.0 Å². The normalized spacial score (nSPS) is 16.7. The number of esters is 1. The Hall–Kier alpha value is -4.05. The fourth-order valence-corrected chi connectivity index (χ4v) is 5.17. The largest absolute Gasteiger partial charge is 0.504 e. The lowest BCUT2D eigenvalue weighted by molar-refractivity contribution is -0.139. The highest BCUT2D eigenvalue weighted by Gasteiger charge is 2.34. The lowest BCUT2D eigenvalue weighted by Crippen LogP contribution is -2.39. The topological polar surface area (TPSA) is 109 Å². The molecule has 0 saturated carbocycles. The quantitative estimate of drug-likeness (QED) is 0.542. The van der Waals surface area contributed by atoms with Crippen molar-refractivity contribution in [3.8, 4) is 23.0 Å². The Labute approximate surface area is 203 Å². The van der Waals surface area contributed by atoms with Gasteiger partial charge in [0.15, 0.2) is 27.8 Å². The van der Waals surface area contributed by atoms with E-state index in [0.29, 0.717) is 43.4 Å². The van der Waals surface area contributed by atoms with Gasteiger partial charge in [-0.05, 0) is 55.3 Å². The van der Waals surface area contributed by atoms with Gasteiger partial charge >= 0.3 is 5.97 Å². The Balaban J connectivity index is 1.71. The van der Waals surface area contributed by atoms with Crippen LogP contribution in [0.3, 0.4) is 0 Å². The van der Waals surface area contributed by atoms with Crippen LogP contribution >= 0.6 is 11.3 Å². The zero-order valence-electron chi connectivity index (χ0n) is 19.2. The molecule has 35 heavy (non-hydrogen) atoms. The van der Waals surface area contributed by atoms with Crippen molar-refractivity contribution in [2.45, 2.75) is 19.9 Å². The van der Waals surface area contributed by atoms with E-state index in [1.54, 1.807) is 50.3 Å². The number of ether oxygens (including phenoxy) is 4. The van der Waals surface area contributed by atoms with Gasteiger partial charge in [0.1, 0.15) is 0 Å². The van der Waals surface area contributed by atoms with E-state index < -0.39 is 12.0 Å². The first-order chi connectivity index (χ1) is 16.9. The molecule has 1 unspecified atom stereocenters. The number of fused-ring (bicyclic) bond motifs is 2. The van der Waals surface area contributed by atoms with Crippen LogP contribution in [-0.2, 0) is 9.53 Å². The van der Waals surface area contributed by atoms with Crippen LogP contribution in [0, 0.1) is 0 Å². The van der Waals surface area contributed by atoms with Crippen LogP contribution in [0.15, 0.2) is 57.5 Å². The summed E-state index contributed by atoms with van der Waals surface area (Å²) in [4.78, 5) is 31.7. The lowest BCUT2D eigenvalue weighted by Gasteiger charge is -2.24. The van der Waals surface area contributed by atoms with Gasteiger partial charge in [-0.25, -0.2) is 9.79 Å². The fourth-order valence-electron chi connectivity index (χ4n) is 4.13. The number of rotatable bonds is 5. The third-order valence-electron chi connectivity index (χ3n) is 5.73. The molecule has 3 aromatic rings. The van der Waals surface area contributed by atoms with Gasteiger partial charge in [-0.3, -0.25) is 9.36 Å². The molecule has 0 aliphatic carbocycles. The Bertz CT molecular complexity index is 1550. The summed E-state index contributed by atoms with van der Waals surface area (Å²) in [6.07, 6.45) is 1.70. The van der Waals surface area contributed by atoms with Crippen molar-refractivity contribution in [3.63, 3.8) is 0 Å². The van der Waals surface area contributed by atoms with Crippen LogP contribution in [-0.4, -0.2) is 36.2 Å². The number of thiazole rings is 1. The molecule has 0 saturated heterocycles. The van der Waals surface area contributed by atoms with Gasteiger partial charge in [-0.15, -0.1) is 0 Å². The van der Waals surface area contributed by atoms with Crippen molar-refractivity contribution in [1.29, 1.82) is 0 Å². The molecule has 180 valence electrons. The van der Waals surface area contributed by atoms with Gasteiger partial charge < -0.3 is 24.1 Å². The second-order valence-corrected chi connectivity index (χ2v) is 8.86. The van der Waals surface area contributed by atoms with Crippen LogP contribution in [0.2, 0.25) is 0 Å². The molecule has 1 aromatic heterocycles. The van der Waals surface area contributed by atoms with Crippen molar-refractivity contribution in [3.05, 3.63) is 78.5 Å². The molecule has 3 heterocycles. The highest BCUT2D eigenvalue weighted by Crippen LogP contribution is 2.38. The molecule has 2 aliphatic rings. The third-order valence-corrected chi connectivity index (χ3v) is 6.71. The molecule has 2 aliphatic heterocycles. The van der Waals surface area contributed by atoms with Gasteiger partial charge in [0.2, 0.25) is 6.79 Å². The number of aromatic hydroxyl groups is 1. The monoisotopic (exact) mass is 494 g/mol. The number of nitrogens with zero attached hydrogens (tertiary/aromatic N) is 2. The van der Waals surface area contributed by atoms with E-state index in [9.17, 15) is 14.7 Å². The van der Waals surface area contributed by atoms with E-state index in [0.717, 1.165) is 0 Å². The molecule has 1 N–H and O–H groups in total. The average Bonchev–Trinajstić information content (AvgIpc) is 3.43. The first kappa shape index (κ1) is 22.7. The first-order valence-corrected chi connectivity index (χ1v) is 11.7. The van der Waals surface area contributed by atoms with Crippen molar-refractivity contribution >= 4 is 23.4 Å². The second-order valence-electron chi connectivity index (χ2n) is 7.85. The summed E-state index contributed by atoms with van der Waals surface area (Å²) in [5.74, 6) is 0.905. The number of hydrogen-bond donors (Lipinski definition) is 1. The van der Waals surface area contributed by atoms with Gasteiger partial charge in [-0.1, -0.05) is 23.5 Å². The summed E-state index contributed by atoms with van der Waals surface area (Å²) in [6.45, 7) is 3.76. The molecule has 0 radical (unpaired) electrons. The third kappa shape index (κ3) is 3.95. The maximum absolute atomic E-state index is 13.7. The number of allylic oxidation sites excluding steroid dienone is 1. The number of benzene rings is 2. The molecule has 0 fully saturated rings.